The summed E-state index contributed by atoms with van der Waals surface area (Å²) in [7, 11) is 0. The minimum Gasteiger partial charge on any atom is -0.326 e. The zero-order chi connectivity index (χ0) is 21.1. The number of amides is 2. The lowest BCUT2D eigenvalue weighted by Gasteiger charge is -2.24. The zero-order valence-corrected chi connectivity index (χ0v) is 18.2. The Hall–Kier alpha value is -2.74. The summed E-state index contributed by atoms with van der Waals surface area (Å²) < 4.78 is 0. The van der Waals surface area contributed by atoms with E-state index in [9.17, 15) is 9.59 Å². The molecule has 3 aromatic rings. The van der Waals surface area contributed by atoms with Crippen LogP contribution in [0.15, 0.2) is 72.1 Å². The van der Waals surface area contributed by atoms with Crippen LogP contribution in [0.4, 0.5) is 11.4 Å². The highest BCUT2D eigenvalue weighted by molar-refractivity contribution is 7.80. The van der Waals surface area contributed by atoms with Crippen LogP contribution < -0.4 is 10.2 Å². The Labute approximate surface area is 188 Å². The smallest absolute Gasteiger partial charge is 0.252 e. The van der Waals surface area contributed by atoms with Crippen LogP contribution in [0.5, 0.6) is 0 Å². The summed E-state index contributed by atoms with van der Waals surface area (Å²) >= 11 is 13.6. The Morgan fingerprint density at radius 1 is 1.07 bits per heavy atom. The highest BCUT2D eigenvalue weighted by Gasteiger charge is 2.44. The number of rotatable bonds is 6. The molecule has 1 unspecified atom stereocenters. The molecule has 1 saturated heterocycles. The molecule has 1 fully saturated rings. The van der Waals surface area contributed by atoms with Gasteiger partial charge in [-0.1, -0.05) is 48.0 Å². The van der Waals surface area contributed by atoms with E-state index in [2.05, 4.69) is 5.32 Å². The molecule has 0 bridgehead atoms. The Balaban J connectivity index is 1.62. The number of anilines is 2. The fourth-order valence-corrected chi connectivity index (χ4v) is 4.66. The van der Waals surface area contributed by atoms with Crippen LogP contribution in [-0.4, -0.2) is 27.9 Å². The van der Waals surface area contributed by atoms with Gasteiger partial charge in [-0.05, 0) is 47.9 Å². The van der Waals surface area contributed by atoms with Gasteiger partial charge in [0, 0.05) is 10.6 Å². The maximum absolute atomic E-state index is 13.3. The third kappa shape index (κ3) is 4.23. The second kappa shape index (κ2) is 8.95. The molecule has 30 heavy (non-hydrogen) atoms. The van der Waals surface area contributed by atoms with Gasteiger partial charge in [0.05, 0.1) is 23.7 Å². The van der Waals surface area contributed by atoms with E-state index < -0.39 is 6.04 Å². The Morgan fingerprint density at radius 3 is 2.50 bits per heavy atom. The van der Waals surface area contributed by atoms with Crippen molar-refractivity contribution < 1.29 is 9.59 Å². The van der Waals surface area contributed by atoms with Gasteiger partial charge in [-0.3, -0.25) is 14.5 Å². The van der Waals surface area contributed by atoms with Crippen molar-refractivity contribution in [3.63, 3.8) is 0 Å². The predicted octanol–water partition coefficient (Wildman–Crippen LogP) is 4.93. The fraction of sp³-hybridized carbons (Fsp3) is 0.136. The number of nitrogens with zero attached hydrogens (tertiary/aromatic N) is 2. The number of nitrogens with one attached hydrogen (secondary N) is 1. The summed E-state index contributed by atoms with van der Waals surface area (Å²) in [6.07, 6.45) is -0.0416. The molecule has 1 aromatic heterocycles. The average Bonchev–Trinajstić information content (AvgIpc) is 3.33. The number of thiophene rings is 1. The van der Waals surface area contributed by atoms with Crippen LogP contribution in [0.2, 0.25) is 5.02 Å². The zero-order valence-electron chi connectivity index (χ0n) is 15.8. The van der Waals surface area contributed by atoms with Crippen LogP contribution in [0, 0.1) is 0 Å². The van der Waals surface area contributed by atoms with Gasteiger partial charge >= 0.3 is 0 Å². The van der Waals surface area contributed by atoms with Gasteiger partial charge in [0.2, 0.25) is 5.91 Å². The number of hydrogen-bond donors (Lipinski definition) is 1. The molecular formula is C22H18ClN3O2S2. The van der Waals surface area contributed by atoms with Crippen LogP contribution in [0.25, 0.3) is 0 Å². The lowest BCUT2D eigenvalue weighted by molar-refractivity contribution is -0.129. The molecule has 1 aliphatic heterocycles. The number of carbonyl (C=O) groups is 2. The van der Waals surface area contributed by atoms with Crippen LogP contribution in [0.3, 0.4) is 0 Å². The van der Waals surface area contributed by atoms with Crippen molar-refractivity contribution in [2.45, 2.75) is 19.0 Å². The van der Waals surface area contributed by atoms with Gasteiger partial charge in [-0.2, -0.15) is 0 Å². The second-order valence-corrected chi connectivity index (χ2v) is 8.55. The molecule has 2 aromatic carbocycles. The minimum atomic E-state index is -0.763. The van der Waals surface area contributed by atoms with E-state index in [-0.39, 0.29) is 18.2 Å². The Morgan fingerprint density at radius 2 is 1.80 bits per heavy atom. The summed E-state index contributed by atoms with van der Waals surface area (Å²) in [4.78, 5) is 30.3. The highest BCUT2D eigenvalue weighted by Crippen LogP contribution is 2.34. The first-order valence-electron chi connectivity index (χ1n) is 9.31. The maximum Gasteiger partial charge on any atom is 0.252 e. The number of hydrogen-bond acceptors (Lipinski definition) is 4. The number of carbonyl (C=O) groups excluding carboxylic acids is 2. The van der Waals surface area contributed by atoms with Crippen molar-refractivity contribution in [2.24, 2.45) is 0 Å². The van der Waals surface area contributed by atoms with Crippen LogP contribution in [0.1, 0.15) is 11.3 Å². The third-order valence-corrected chi connectivity index (χ3v) is 6.34. The van der Waals surface area contributed by atoms with Crippen molar-refractivity contribution in [3.05, 3.63) is 82.0 Å². The first-order chi connectivity index (χ1) is 14.5. The topological polar surface area (TPSA) is 52.7 Å². The van der Waals surface area contributed by atoms with Gasteiger partial charge in [0.15, 0.2) is 5.11 Å². The summed E-state index contributed by atoms with van der Waals surface area (Å²) in [6.45, 7) is 0.368. The van der Waals surface area contributed by atoms with E-state index in [0.29, 0.717) is 28.1 Å². The number of para-hydroxylation sites is 2. The molecule has 1 atom stereocenters. The largest absolute Gasteiger partial charge is 0.326 e. The average molecular weight is 456 g/mol. The molecule has 5 nitrogen and oxygen atoms in total. The monoisotopic (exact) mass is 455 g/mol. The van der Waals surface area contributed by atoms with Gasteiger partial charge < -0.3 is 10.2 Å². The lowest BCUT2D eigenvalue weighted by atomic mass is 10.1. The number of thiocarbonyl (C=S) groups is 1. The van der Waals surface area contributed by atoms with E-state index >= 15 is 0 Å². The van der Waals surface area contributed by atoms with Crippen LogP contribution in [-0.2, 0) is 16.1 Å². The number of benzene rings is 2. The first kappa shape index (κ1) is 20.5. The van der Waals surface area contributed by atoms with E-state index in [0.717, 1.165) is 4.88 Å². The van der Waals surface area contributed by atoms with Gasteiger partial charge in [-0.15, -0.1) is 11.3 Å². The van der Waals surface area contributed by atoms with Gasteiger partial charge in [0.25, 0.3) is 5.91 Å². The molecule has 152 valence electrons. The summed E-state index contributed by atoms with van der Waals surface area (Å²) in [5.74, 6) is -0.478. The standard InChI is InChI=1S/C22H18ClN3O2S2/c23-17-10-4-5-11-18(17)26-19(13-20(27)24-15-7-2-1-3-8-15)21(28)25(22(26)29)14-16-9-6-12-30-16/h1-12,19H,13-14H2,(H,24,27). The fourth-order valence-electron chi connectivity index (χ4n) is 3.36. The summed E-state index contributed by atoms with van der Waals surface area (Å²) in [5, 5.41) is 5.61. The van der Waals surface area contributed by atoms with Crippen molar-refractivity contribution in [1.82, 2.24) is 4.90 Å². The Kier molecular flexibility index (Phi) is 6.13. The van der Waals surface area contributed by atoms with E-state index in [4.69, 9.17) is 23.8 Å². The van der Waals surface area contributed by atoms with Crippen molar-refractivity contribution in [2.75, 3.05) is 10.2 Å². The van der Waals surface area contributed by atoms with Crippen molar-refractivity contribution in [3.8, 4) is 0 Å². The molecule has 2 amide bonds. The maximum atomic E-state index is 13.3. The molecule has 0 saturated carbocycles. The molecular weight excluding hydrogens is 438 g/mol. The summed E-state index contributed by atoms with van der Waals surface area (Å²) in [6, 6.07) is 19.5. The van der Waals surface area contributed by atoms with Gasteiger partial charge in [-0.25, -0.2) is 0 Å². The molecule has 8 heteroatoms. The summed E-state index contributed by atoms with van der Waals surface area (Å²) in [5.41, 5.74) is 1.29. The molecule has 2 heterocycles. The van der Waals surface area contributed by atoms with E-state index in [1.165, 1.54) is 0 Å². The molecule has 0 spiro atoms. The molecule has 0 radical (unpaired) electrons. The normalized spacial score (nSPS) is 16.2. The predicted molar refractivity (Wildman–Crippen MR) is 125 cm³/mol. The number of halogens is 1. The van der Waals surface area contributed by atoms with Gasteiger partial charge in [0.1, 0.15) is 6.04 Å². The van der Waals surface area contributed by atoms with Crippen LogP contribution >= 0.6 is 35.2 Å². The second-order valence-electron chi connectivity index (χ2n) is 6.74. The van der Waals surface area contributed by atoms with E-state index in [1.807, 2.05) is 47.8 Å². The minimum absolute atomic E-state index is 0.0416. The van der Waals surface area contributed by atoms with E-state index in [1.54, 1.807) is 45.4 Å². The SMILES string of the molecule is O=C(CC1C(=O)N(Cc2cccs2)C(=S)N1c1ccccc1Cl)Nc1ccccc1. The molecule has 0 aliphatic carbocycles. The molecule has 1 N–H and O–H groups in total. The third-order valence-electron chi connectivity index (χ3n) is 4.74. The van der Waals surface area contributed by atoms with Crippen molar-refractivity contribution in [1.29, 1.82) is 0 Å². The first-order valence-corrected chi connectivity index (χ1v) is 11.0. The van der Waals surface area contributed by atoms with Crippen molar-refractivity contribution >= 4 is 63.5 Å². The highest BCUT2D eigenvalue weighted by atomic mass is 35.5. The quantitative estimate of drug-likeness (QED) is 0.535. The molecule has 1 aliphatic rings. The molecule has 4 rings (SSSR count). The Bertz CT molecular complexity index is 1070. The lowest BCUT2D eigenvalue weighted by Crippen LogP contribution is -2.38.